The molecule has 0 spiro atoms. The maximum atomic E-state index is 12.2. The Labute approximate surface area is 176 Å². The van der Waals surface area contributed by atoms with E-state index < -0.39 is 66.1 Å². The number of Topliss-reactive ketones (excluding diaryl/α,β-unsaturated/α-hetero) is 1. The predicted octanol–water partition coefficient (Wildman–Crippen LogP) is -0.544. The fourth-order valence-electron chi connectivity index (χ4n) is 3.04. The van der Waals surface area contributed by atoms with Crippen LogP contribution < -0.4 is 11.2 Å². The van der Waals surface area contributed by atoms with Crippen LogP contribution in [0, 0.1) is 5.92 Å². The van der Waals surface area contributed by atoms with Crippen LogP contribution in [-0.2, 0) is 38.1 Å². The van der Waals surface area contributed by atoms with E-state index in [1.807, 2.05) is 4.98 Å². The molecule has 12 nitrogen and oxygen atoms in total. The Hall–Kier alpha value is -3.28. The number of H-pyrrole nitrogens is 1. The van der Waals surface area contributed by atoms with E-state index in [0.29, 0.717) is 0 Å². The van der Waals surface area contributed by atoms with Crippen molar-refractivity contribution in [2.75, 3.05) is 6.61 Å². The molecule has 31 heavy (non-hydrogen) atoms. The molecule has 1 aliphatic heterocycles. The standard InChI is InChI=1S/C19H24N2O10/c1-9(2)7-12(24)18(26)28-8-13-15(29-10(3)22)16(30-11(4)23)17(31-13)21-6-5-14(25)20-19(21)27/h5-6,9,13,15-17H,7-8H2,1-4H3,(H,20,25,27)/t13-,15-,16-,17-/m1/s1. The van der Waals surface area contributed by atoms with E-state index in [2.05, 4.69) is 0 Å². The molecule has 0 radical (unpaired) electrons. The Balaban J connectivity index is 2.31. The van der Waals surface area contributed by atoms with Crippen LogP contribution >= 0.6 is 0 Å². The van der Waals surface area contributed by atoms with E-state index in [0.717, 1.165) is 30.7 Å². The van der Waals surface area contributed by atoms with E-state index >= 15 is 0 Å². The number of hydrogen-bond acceptors (Lipinski definition) is 10. The Morgan fingerprint density at radius 2 is 1.71 bits per heavy atom. The number of aromatic amines is 1. The van der Waals surface area contributed by atoms with Crippen LogP contribution in [0.15, 0.2) is 21.9 Å². The van der Waals surface area contributed by atoms with Crippen molar-refractivity contribution in [2.45, 2.75) is 58.7 Å². The second-order valence-electron chi connectivity index (χ2n) is 7.35. The van der Waals surface area contributed by atoms with Gasteiger partial charge in [-0.2, -0.15) is 0 Å². The first kappa shape index (κ1) is 24.0. The Bertz CT molecular complexity index is 963. The lowest BCUT2D eigenvalue weighted by atomic mass is 10.1. The first-order valence-electron chi connectivity index (χ1n) is 9.51. The highest BCUT2D eigenvalue weighted by Crippen LogP contribution is 2.33. The minimum absolute atomic E-state index is 0.0107. The number of hydrogen-bond donors (Lipinski definition) is 1. The molecule has 1 saturated heterocycles. The van der Waals surface area contributed by atoms with Gasteiger partial charge in [0.2, 0.25) is 5.78 Å². The highest BCUT2D eigenvalue weighted by Gasteiger charge is 2.51. The highest BCUT2D eigenvalue weighted by atomic mass is 16.7. The molecular formula is C19H24N2O10. The first-order valence-corrected chi connectivity index (χ1v) is 9.51. The lowest BCUT2D eigenvalue weighted by Gasteiger charge is -2.23. The topological polar surface area (TPSA) is 160 Å². The largest absolute Gasteiger partial charge is 0.457 e. The summed E-state index contributed by atoms with van der Waals surface area (Å²) in [7, 11) is 0. The van der Waals surface area contributed by atoms with Crippen molar-refractivity contribution < 1.29 is 38.1 Å². The molecule has 0 unspecified atom stereocenters. The van der Waals surface area contributed by atoms with Crippen molar-refractivity contribution in [3.05, 3.63) is 33.1 Å². The first-order chi connectivity index (χ1) is 14.5. The second kappa shape index (κ2) is 10.2. The number of nitrogens with zero attached hydrogens (tertiary/aromatic N) is 1. The Kier molecular flexibility index (Phi) is 7.86. The van der Waals surface area contributed by atoms with Crippen molar-refractivity contribution in [2.24, 2.45) is 5.92 Å². The van der Waals surface area contributed by atoms with Gasteiger partial charge in [-0.05, 0) is 5.92 Å². The average molecular weight is 440 g/mol. The molecule has 1 aromatic rings. The van der Waals surface area contributed by atoms with Crippen molar-refractivity contribution in [3.63, 3.8) is 0 Å². The monoisotopic (exact) mass is 440 g/mol. The third-order valence-electron chi connectivity index (χ3n) is 4.21. The number of nitrogens with one attached hydrogen (secondary N) is 1. The normalized spacial score (nSPS) is 22.7. The quantitative estimate of drug-likeness (QED) is 0.316. The van der Waals surface area contributed by atoms with E-state index in [4.69, 9.17) is 18.9 Å². The summed E-state index contributed by atoms with van der Waals surface area (Å²) in [6.07, 6.45) is -3.89. The summed E-state index contributed by atoms with van der Waals surface area (Å²) in [4.78, 5) is 72.6. The maximum absolute atomic E-state index is 12.2. The molecule has 0 saturated carbocycles. The van der Waals surface area contributed by atoms with Crippen LogP contribution in [0.1, 0.15) is 40.3 Å². The van der Waals surface area contributed by atoms with E-state index in [1.165, 1.54) is 0 Å². The van der Waals surface area contributed by atoms with Crippen molar-refractivity contribution in [3.8, 4) is 0 Å². The zero-order chi connectivity index (χ0) is 23.3. The summed E-state index contributed by atoms with van der Waals surface area (Å²) in [5.41, 5.74) is -1.52. The fraction of sp³-hybridized carbons (Fsp3) is 0.579. The van der Waals surface area contributed by atoms with E-state index in [9.17, 15) is 28.8 Å². The van der Waals surface area contributed by atoms with Crippen LogP contribution in [-0.4, -0.2) is 58.2 Å². The number of ketones is 1. The third-order valence-corrected chi connectivity index (χ3v) is 4.21. The number of carbonyl (C=O) groups excluding carboxylic acids is 4. The number of carbonyl (C=O) groups is 4. The van der Waals surface area contributed by atoms with Gasteiger partial charge >= 0.3 is 23.6 Å². The molecule has 2 rings (SSSR count). The molecular weight excluding hydrogens is 416 g/mol. The van der Waals surface area contributed by atoms with Crippen LogP contribution in [0.3, 0.4) is 0 Å². The Morgan fingerprint density at radius 1 is 1.10 bits per heavy atom. The van der Waals surface area contributed by atoms with Gasteiger partial charge in [0, 0.05) is 32.5 Å². The number of ether oxygens (including phenoxy) is 4. The van der Waals surface area contributed by atoms with Gasteiger partial charge in [0.1, 0.15) is 12.7 Å². The fourth-order valence-corrected chi connectivity index (χ4v) is 3.04. The summed E-state index contributed by atoms with van der Waals surface area (Å²) < 4.78 is 22.1. The van der Waals surface area contributed by atoms with Crippen LogP contribution in [0.5, 0.6) is 0 Å². The Morgan fingerprint density at radius 3 is 2.26 bits per heavy atom. The van der Waals surface area contributed by atoms with E-state index in [1.54, 1.807) is 13.8 Å². The third kappa shape index (κ3) is 6.35. The smallest absolute Gasteiger partial charge is 0.374 e. The lowest BCUT2D eigenvalue weighted by molar-refractivity contribution is -0.167. The molecule has 0 aromatic carbocycles. The van der Waals surface area contributed by atoms with Crippen LogP contribution in [0.25, 0.3) is 0 Å². The molecule has 1 aliphatic rings. The van der Waals surface area contributed by atoms with Gasteiger partial charge in [-0.3, -0.25) is 28.7 Å². The molecule has 12 heteroatoms. The molecule has 0 amide bonds. The number of rotatable bonds is 8. The molecule has 1 N–H and O–H groups in total. The summed E-state index contributed by atoms with van der Waals surface area (Å²) >= 11 is 0. The zero-order valence-corrected chi connectivity index (χ0v) is 17.5. The summed E-state index contributed by atoms with van der Waals surface area (Å²) in [5, 5.41) is 0. The van der Waals surface area contributed by atoms with Crippen LogP contribution in [0.2, 0.25) is 0 Å². The molecule has 1 aromatic heterocycles. The zero-order valence-electron chi connectivity index (χ0n) is 17.5. The van der Waals surface area contributed by atoms with Gasteiger partial charge in [-0.1, -0.05) is 13.8 Å². The summed E-state index contributed by atoms with van der Waals surface area (Å²) in [6.45, 7) is 5.23. The van der Waals surface area contributed by atoms with Gasteiger partial charge in [-0.15, -0.1) is 0 Å². The molecule has 4 atom stereocenters. The number of esters is 3. The summed E-state index contributed by atoms with van der Waals surface area (Å²) in [6, 6.07) is 1.05. The highest BCUT2D eigenvalue weighted by molar-refractivity contribution is 6.33. The minimum Gasteiger partial charge on any atom is -0.457 e. The molecule has 0 aliphatic carbocycles. The number of aromatic nitrogens is 2. The van der Waals surface area contributed by atoms with Gasteiger partial charge in [-0.25, -0.2) is 9.59 Å². The van der Waals surface area contributed by atoms with Gasteiger partial charge in [0.25, 0.3) is 5.56 Å². The van der Waals surface area contributed by atoms with Gasteiger partial charge < -0.3 is 18.9 Å². The summed E-state index contributed by atoms with van der Waals surface area (Å²) in [5.74, 6) is -3.37. The van der Waals surface area contributed by atoms with Crippen LogP contribution in [0.4, 0.5) is 0 Å². The average Bonchev–Trinajstić information content (AvgIpc) is 2.95. The SMILES string of the molecule is CC(=O)O[C@@H]1[C@H](OC(C)=O)[C@@H](COC(=O)C(=O)CC(C)C)O[C@H]1n1ccc(=O)[nH]c1=O. The van der Waals surface area contributed by atoms with Crippen molar-refractivity contribution >= 4 is 23.7 Å². The van der Waals surface area contributed by atoms with Gasteiger partial charge in [0.15, 0.2) is 18.4 Å². The maximum Gasteiger partial charge on any atom is 0.374 e. The van der Waals surface area contributed by atoms with Crippen molar-refractivity contribution in [1.82, 2.24) is 9.55 Å². The molecule has 1 fully saturated rings. The molecule has 170 valence electrons. The second-order valence-corrected chi connectivity index (χ2v) is 7.35. The molecule has 0 bridgehead atoms. The molecule has 2 heterocycles. The van der Waals surface area contributed by atoms with Crippen molar-refractivity contribution in [1.29, 1.82) is 0 Å². The van der Waals surface area contributed by atoms with Gasteiger partial charge in [0.05, 0.1) is 0 Å². The predicted molar refractivity (Wildman–Crippen MR) is 102 cm³/mol. The lowest BCUT2D eigenvalue weighted by Crippen LogP contribution is -2.42. The van der Waals surface area contributed by atoms with E-state index in [-0.39, 0.29) is 12.3 Å². The minimum atomic E-state index is -1.30.